The molecule has 2 N–H and O–H groups in total. The molecular weight excluding hydrogens is 335 g/mol. The molecule has 0 fully saturated rings. The third kappa shape index (κ3) is 4.42. The molecule has 1 heterocycles. The van der Waals surface area contributed by atoms with E-state index in [1.54, 1.807) is 18.3 Å². The van der Waals surface area contributed by atoms with E-state index in [0.29, 0.717) is 17.3 Å². The van der Waals surface area contributed by atoms with Crippen LogP contribution in [0.3, 0.4) is 0 Å². The van der Waals surface area contributed by atoms with E-state index in [4.69, 9.17) is 12.2 Å². The molecule has 0 amide bonds. The van der Waals surface area contributed by atoms with Crippen LogP contribution in [0.5, 0.6) is 0 Å². The van der Waals surface area contributed by atoms with Crippen LogP contribution in [0.2, 0.25) is 0 Å². The molecule has 6 heteroatoms. The van der Waals surface area contributed by atoms with E-state index >= 15 is 0 Å². The van der Waals surface area contributed by atoms with Crippen LogP contribution in [0.25, 0.3) is 0 Å². The Balaban J connectivity index is 1.64. The molecule has 0 atom stereocenters. The van der Waals surface area contributed by atoms with Crippen LogP contribution >= 0.6 is 12.2 Å². The van der Waals surface area contributed by atoms with Crippen LogP contribution in [0.15, 0.2) is 54.9 Å². The summed E-state index contributed by atoms with van der Waals surface area (Å²) in [5.74, 6) is -0.343. The van der Waals surface area contributed by atoms with Crippen molar-refractivity contribution in [3.8, 4) is 0 Å². The number of nitrogens with zero attached hydrogens (tertiary/aromatic N) is 2. The largest absolute Gasteiger partial charge is 0.330 e. The maximum Gasteiger partial charge on any atom is 0.175 e. The van der Waals surface area contributed by atoms with Crippen LogP contribution in [-0.4, -0.2) is 14.9 Å². The maximum absolute atomic E-state index is 13.8. The lowest BCUT2D eigenvalue weighted by molar-refractivity contribution is 0.632. The summed E-state index contributed by atoms with van der Waals surface area (Å²) in [7, 11) is 0. The summed E-state index contributed by atoms with van der Waals surface area (Å²) < 4.78 is 15.6. The highest BCUT2D eigenvalue weighted by Crippen LogP contribution is 2.16. The van der Waals surface area contributed by atoms with Gasteiger partial charge in [-0.2, -0.15) is 5.10 Å². The quantitative estimate of drug-likeness (QED) is 0.677. The Morgan fingerprint density at radius 3 is 2.76 bits per heavy atom. The fourth-order valence-electron chi connectivity index (χ4n) is 2.50. The van der Waals surface area contributed by atoms with Gasteiger partial charge in [0.05, 0.1) is 24.1 Å². The first-order chi connectivity index (χ1) is 12.0. The van der Waals surface area contributed by atoms with Gasteiger partial charge in [-0.3, -0.25) is 4.68 Å². The Bertz CT molecular complexity index is 904. The molecule has 4 nitrogen and oxygen atoms in total. The molecule has 1 aromatic heterocycles. The molecule has 0 saturated carbocycles. The van der Waals surface area contributed by atoms with Gasteiger partial charge in [-0.1, -0.05) is 30.3 Å². The first-order valence-corrected chi connectivity index (χ1v) is 8.33. The summed E-state index contributed by atoms with van der Waals surface area (Å²) in [5.41, 5.74) is 4.49. The lowest BCUT2D eigenvalue weighted by Gasteiger charge is -2.10. The van der Waals surface area contributed by atoms with Crippen LogP contribution in [0.4, 0.5) is 15.8 Å². The van der Waals surface area contributed by atoms with Crippen molar-refractivity contribution >= 4 is 28.7 Å². The van der Waals surface area contributed by atoms with Gasteiger partial charge in [-0.15, -0.1) is 0 Å². The summed E-state index contributed by atoms with van der Waals surface area (Å²) in [6, 6.07) is 13.0. The standard InChI is InChI=1S/C19H19FN4S/c1-13-7-8-17(20)18(9-13)23-19(25)22-16-10-21-24(12-16)11-15-6-4-3-5-14(15)2/h3-10,12H,11H2,1-2H3,(H2,22,23,25). The summed E-state index contributed by atoms with van der Waals surface area (Å²) in [6.45, 7) is 4.66. The van der Waals surface area contributed by atoms with Crippen molar-refractivity contribution in [3.05, 3.63) is 77.4 Å². The number of aromatic nitrogens is 2. The number of hydrogen-bond acceptors (Lipinski definition) is 2. The first-order valence-electron chi connectivity index (χ1n) is 7.92. The Morgan fingerprint density at radius 2 is 1.96 bits per heavy atom. The fourth-order valence-corrected chi connectivity index (χ4v) is 2.72. The van der Waals surface area contributed by atoms with E-state index < -0.39 is 0 Å². The van der Waals surface area contributed by atoms with E-state index in [2.05, 4.69) is 34.8 Å². The Kier molecular flexibility index (Phi) is 5.09. The maximum atomic E-state index is 13.8. The van der Waals surface area contributed by atoms with Gasteiger partial charge in [0.15, 0.2) is 5.11 Å². The fraction of sp³-hybridized carbons (Fsp3) is 0.158. The number of aryl methyl sites for hydroxylation is 2. The van der Waals surface area contributed by atoms with Gasteiger partial charge in [0, 0.05) is 6.20 Å². The molecule has 0 radical (unpaired) electrons. The second kappa shape index (κ2) is 7.44. The predicted molar refractivity (Wildman–Crippen MR) is 103 cm³/mol. The smallest absolute Gasteiger partial charge is 0.175 e. The van der Waals surface area contributed by atoms with Crippen molar-refractivity contribution < 1.29 is 4.39 Å². The molecule has 3 rings (SSSR count). The molecule has 0 aliphatic carbocycles. The SMILES string of the molecule is Cc1ccc(F)c(NC(=S)Nc2cnn(Cc3ccccc3C)c2)c1. The highest BCUT2D eigenvalue weighted by Gasteiger charge is 2.07. The zero-order chi connectivity index (χ0) is 17.8. The highest BCUT2D eigenvalue weighted by molar-refractivity contribution is 7.80. The Morgan fingerprint density at radius 1 is 1.16 bits per heavy atom. The highest BCUT2D eigenvalue weighted by atomic mass is 32.1. The summed E-state index contributed by atoms with van der Waals surface area (Å²) >= 11 is 5.25. The average Bonchev–Trinajstić information content (AvgIpc) is 3.00. The van der Waals surface area contributed by atoms with Crippen molar-refractivity contribution in [3.63, 3.8) is 0 Å². The number of nitrogens with one attached hydrogen (secondary N) is 2. The van der Waals surface area contributed by atoms with Crippen molar-refractivity contribution in [2.24, 2.45) is 0 Å². The lowest BCUT2D eigenvalue weighted by Crippen LogP contribution is -2.19. The van der Waals surface area contributed by atoms with Gasteiger partial charge in [0.2, 0.25) is 0 Å². The van der Waals surface area contributed by atoms with E-state index in [1.165, 1.54) is 17.2 Å². The Hall–Kier alpha value is -2.73. The van der Waals surface area contributed by atoms with Crippen LogP contribution in [0, 0.1) is 19.7 Å². The Labute approximate surface area is 151 Å². The molecule has 0 spiro atoms. The van der Waals surface area contributed by atoms with Gasteiger partial charge in [0.25, 0.3) is 0 Å². The van der Waals surface area contributed by atoms with E-state index in [-0.39, 0.29) is 5.82 Å². The van der Waals surface area contributed by atoms with Crippen LogP contribution in [-0.2, 0) is 6.54 Å². The minimum Gasteiger partial charge on any atom is -0.330 e. The monoisotopic (exact) mass is 354 g/mol. The third-order valence-corrected chi connectivity index (χ3v) is 4.06. The molecule has 3 aromatic rings. The lowest BCUT2D eigenvalue weighted by atomic mass is 10.1. The molecule has 0 saturated heterocycles. The molecule has 0 aliphatic heterocycles. The van der Waals surface area contributed by atoms with Crippen molar-refractivity contribution in [2.75, 3.05) is 10.6 Å². The molecule has 0 aliphatic rings. The minimum atomic E-state index is -0.343. The molecular formula is C19H19FN4S. The summed E-state index contributed by atoms with van der Waals surface area (Å²) in [5, 5.41) is 10.6. The van der Waals surface area contributed by atoms with Gasteiger partial charge < -0.3 is 10.6 Å². The number of rotatable bonds is 4. The molecule has 0 unspecified atom stereocenters. The second-order valence-electron chi connectivity index (χ2n) is 5.92. The first kappa shape index (κ1) is 17.1. The topological polar surface area (TPSA) is 41.9 Å². The minimum absolute atomic E-state index is 0.319. The van der Waals surface area contributed by atoms with Crippen molar-refractivity contribution in [1.82, 2.24) is 9.78 Å². The summed E-state index contributed by atoms with van der Waals surface area (Å²) in [6.07, 6.45) is 3.56. The molecule has 128 valence electrons. The van der Waals surface area contributed by atoms with Crippen molar-refractivity contribution in [2.45, 2.75) is 20.4 Å². The predicted octanol–water partition coefficient (Wildman–Crippen LogP) is 4.50. The van der Waals surface area contributed by atoms with Gasteiger partial charge in [0.1, 0.15) is 5.82 Å². The van der Waals surface area contributed by atoms with Crippen LogP contribution in [0.1, 0.15) is 16.7 Å². The number of hydrogen-bond donors (Lipinski definition) is 2. The van der Waals surface area contributed by atoms with Crippen molar-refractivity contribution in [1.29, 1.82) is 0 Å². The van der Waals surface area contributed by atoms with E-state index in [9.17, 15) is 4.39 Å². The van der Waals surface area contributed by atoms with Gasteiger partial charge >= 0.3 is 0 Å². The number of thiocarbonyl (C=S) groups is 1. The number of halogens is 1. The molecule has 25 heavy (non-hydrogen) atoms. The average molecular weight is 354 g/mol. The van der Waals surface area contributed by atoms with Gasteiger partial charge in [-0.05, 0) is 54.9 Å². The molecule has 2 aromatic carbocycles. The summed E-state index contributed by atoms with van der Waals surface area (Å²) in [4.78, 5) is 0. The van der Waals surface area contributed by atoms with E-state index in [0.717, 1.165) is 11.3 Å². The van der Waals surface area contributed by atoms with E-state index in [1.807, 2.05) is 29.9 Å². The zero-order valence-electron chi connectivity index (χ0n) is 14.1. The number of benzene rings is 2. The second-order valence-corrected chi connectivity index (χ2v) is 6.32. The number of anilines is 2. The van der Waals surface area contributed by atoms with Gasteiger partial charge in [-0.25, -0.2) is 4.39 Å². The van der Waals surface area contributed by atoms with Crippen LogP contribution < -0.4 is 10.6 Å². The normalized spacial score (nSPS) is 10.5. The molecule has 0 bridgehead atoms. The zero-order valence-corrected chi connectivity index (χ0v) is 14.9. The third-order valence-electron chi connectivity index (χ3n) is 3.85.